The predicted molar refractivity (Wildman–Crippen MR) is 99.5 cm³/mol. The molecule has 3 nitrogen and oxygen atoms in total. The molecule has 120 valence electrons. The molecular formula is C21H20N2O. The second kappa shape index (κ2) is 7.97. The van der Waals surface area contributed by atoms with Crippen LogP contribution in [-0.4, -0.2) is 19.0 Å². The van der Waals surface area contributed by atoms with Crippen molar-refractivity contribution in [3.63, 3.8) is 0 Å². The van der Waals surface area contributed by atoms with E-state index in [-0.39, 0.29) is 5.91 Å². The summed E-state index contributed by atoms with van der Waals surface area (Å²) < 4.78 is 0. The monoisotopic (exact) mass is 316 g/mol. The normalized spacial score (nSPS) is 10.2. The standard InChI is InChI=1S/C21H20N2O/c24-21(18-10-4-1-5-11-18)23(20-14-8-3-9-15-20)17-16-22-19-12-6-2-7-13-19/h1-15,22H,16-17H2. The fourth-order valence-electron chi connectivity index (χ4n) is 2.56. The molecule has 0 aromatic heterocycles. The van der Waals surface area contributed by atoms with E-state index in [0.29, 0.717) is 18.7 Å². The lowest BCUT2D eigenvalue weighted by Crippen LogP contribution is -2.35. The maximum absolute atomic E-state index is 12.9. The molecule has 0 aliphatic heterocycles. The molecule has 24 heavy (non-hydrogen) atoms. The summed E-state index contributed by atoms with van der Waals surface area (Å²) in [6.07, 6.45) is 0. The molecule has 0 aliphatic rings. The number of nitrogens with one attached hydrogen (secondary N) is 1. The van der Waals surface area contributed by atoms with Gasteiger partial charge in [-0.25, -0.2) is 0 Å². The average molecular weight is 316 g/mol. The van der Waals surface area contributed by atoms with Crippen molar-refractivity contribution in [2.45, 2.75) is 0 Å². The van der Waals surface area contributed by atoms with E-state index < -0.39 is 0 Å². The molecule has 0 saturated carbocycles. The van der Waals surface area contributed by atoms with Crippen LogP contribution in [0.5, 0.6) is 0 Å². The first-order chi connectivity index (χ1) is 11.8. The number of anilines is 2. The van der Waals surface area contributed by atoms with Crippen LogP contribution in [0.2, 0.25) is 0 Å². The van der Waals surface area contributed by atoms with Crippen LogP contribution in [0.25, 0.3) is 0 Å². The van der Waals surface area contributed by atoms with Crippen LogP contribution in [0.1, 0.15) is 10.4 Å². The van der Waals surface area contributed by atoms with Crippen molar-refractivity contribution in [3.05, 3.63) is 96.6 Å². The third-order valence-corrected chi connectivity index (χ3v) is 3.77. The van der Waals surface area contributed by atoms with Crippen molar-refractivity contribution >= 4 is 17.3 Å². The summed E-state index contributed by atoms with van der Waals surface area (Å²) in [6, 6.07) is 29.2. The maximum atomic E-state index is 12.9. The summed E-state index contributed by atoms with van der Waals surface area (Å²) in [6.45, 7) is 1.27. The Morgan fingerprint density at radius 1 is 0.750 bits per heavy atom. The highest BCUT2D eigenvalue weighted by molar-refractivity contribution is 6.06. The lowest BCUT2D eigenvalue weighted by molar-refractivity contribution is 0.0988. The Bertz CT molecular complexity index is 758. The number of hydrogen-bond donors (Lipinski definition) is 1. The van der Waals surface area contributed by atoms with Crippen molar-refractivity contribution in [1.82, 2.24) is 0 Å². The molecule has 0 bridgehead atoms. The summed E-state index contributed by atoms with van der Waals surface area (Å²) in [5.74, 6) is 0.0108. The molecule has 0 unspecified atom stereocenters. The second-order valence-corrected chi connectivity index (χ2v) is 5.45. The molecule has 3 rings (SSSR count). The quantitative estimate of drug-likeness (QED) is 0.729. The van der Waals surface area contributed by atoms with Gasteiger partial charge in [-0.3, -0.25) is 4.79 Å². The minimum atomic E-state index is 0.0108. The summed E-state index contributed by atoms with van der Waals surface area (Å²) in [7, 11) is 0. The van der Waals surface area contributed by atoms with Gasteiger partial charge < -0.3 is 10.2 Å². The van der Waals surface area contributed by atoms with E-state index in [0.717, 1.165) is 11.4 Å². The first-order valence-corrected chi connectivity index (χ1v) is 8.05. The Hall–Kier alpha value is -3.07. The first kappa shape index (κ1) is 15.8. The van der Waals surface area contributed by atoms with Crippen LogP contribution < -0.4 is 10.2 Å². The highest BCUT2D eigenvalue weighted by Crippen LogP contribution is 2.17. The van der Waals surface area contributed by atoms with E-state index in [2.05, 4.69) is 5.32 Å². The minimum absolute atomic E-state index is 0.0108. The third kappa shape index (κ3) is 4.02. The smallest absolute Gasteiger partial charge is 0.258 e. The van der Waals surface area contributed by atoms with E-state index in [4.69, 9.17) is 0 Å². The SMILES string of the molecule is O=C(c1ccccc1)N(CCNc1ccccc1)c1ccccc1. The summed E-state index contributed by atoms with van der Waals surface area (Å²) >= 11 is 0. The van der Waals surface area contributed by atoms with Gasteiger partial charge in [-0.15, -0.1) is 0 Å². The molecule has 0 spiro atoms. The van der Waals surface area contributed by atoms with Crippen LogP contribution in [-0.2, 0) is 0 Å². The van der Waals surface area contributed by atoms with Gasteiger partial charge in [-0.1, -0.05) is 54.6 Å². The Morgan fingerprint density at radius 3 is 1.92 bits per heavy atom. The molecule has 0 atom stereocenters. The molecule has 3 aromatic carbocycles. The van der Waals surface area contributed by atoms with Crippen LogP contribution in [0.4, 0.5) is 11.4 Å². The number of rotatable bonds is 6. The molecule has 3 heteroatoms. The van der Waals surface area contributed by atoms with E-state index in [1.54, 1.807) is 0 Å². The minimum Gasteiger partial charge on any atom is -0.383 e. The van der Waals surface area contributed by atoms with Crippen molar-refractivity contribution in [2.24, 2.45) is 0 Å². The fraction of sp³-hybridized carbons (Fsp3) is 0.0952. The van der Waals surface area contributed by atoms with Gasteiger partial charge in [0.05, 0.1) is 0 Å². The number of carbonyl (C=O) groups is 1. The van der Waals surface area contributed by atoms with E-state index in [9.17, 15) is 4.79 Å². The average Bonchev–Trinajstić information content (AvgIpc) is 2.67. The molecule has 0 radical (unpaired) electrons. The Labute approximate surface area is 142 Å². The van der Waals surface area contributed by atoms with Crippen molar-refractivity contribution in [2.75, 3.05) is 23.3 Å². The Kier molecular flexibility index (Phi) is 5.25. The highest BCUT2D eigenvalue weighted by atomic mass is 16.2. The molecule has 0 heterocycles. The number of para-hydroxylation sites is 2. The van der Waals surface area contributed by atoms with E-state index >= 15 is 0 Å². The maximum Gasteiger partial charge on any atom is 0.258 e. The number of benzene rings is 3. The zero-order valence-corrected chi connectivity index (χ0v) is 13.4. The van der Waals surface area contributed by atoms with Gasteiger partial charge in [0.1, 0.15) is 0 Å². The third-order valence-electron chi connectivity index (χ3n) is 3.77. The number of amides is 1. The molecular weight excluding hydrogens is 296 g/mol. The number of carbonyl (C=O) groups excluding carboxylic acids is 1. The van der Waals surface area contributed by atoms with Gasteiger partial charge >= 0.3 is 0 Å². The first-order valence-electron chi connectivity index (χ1n) is 8.05. The predicted octanol–water partition coefficient (Wildman–Crippen LogP) is 4.45. The number of hydrogen-bond acceptors (Lipinski definition) is 2. The Morgan fingerprint density at radius 2 is 1.29 bits per heavy atom. The molecule has 3 aromatic rings. The summed E-state index contributed by atoms with van der Waals surface area (Å²) in [4.78, 5) is 14.7. The summed E-state index contributed by atoms with van der Waals surface area (Å²) in [5.41, 5.74) is 2.65. The van der Waals surface area contributed by atoms with Crippen molar-refractivity contribution in [1.29, 1.82) is 0 Å². The second-order valence-electron chi connectivity index (χ2n) is 5.45. The van der Waals surface area contributed by atoms with Gasteiger partial charge in [-0.05, 0) is 36.4 Å². The zero-order valence-electron chi connectivity index (χ0n) is 13.4. The van der Waals surface area contributed by atoms with Crippen LogP contribution in [0, 0.1) is 0 Å². The molecule has 0 saturated heterocycles. The van der Waals surface area contributed by atoms with E-state index in [1.165, 1.54) is 0 Å². The van der Waals surface area contributed by atoms with Gasteiger partial charge in [0.15, 0.2) is 0 Å². The molecule has 1 N–H and O–H groups in total. The van der Waals surface area contributed by atoms with Gasteiger partial charge in [-0.2, -0.15) is 0 Å². The van der Waals surface area contributed by atoms with Gasteiger partial charge in [0.2, 0.25) is 0 Å². The largest absolute Gasteiger partial charge is 0.383 e. The van der Waals surface area contributed by atoms with Gasteiger partial charge in [0.25, 0.3) is 5.91 Å². The lowest BCUT2D eigenvalue weighted by atomic mass is 10.2. The Balaban J connectivity index is 1.74. The summed E-state index contributed by atoms with van der Waals surface area (Å²) in [5, 5.41) is 3.36. The lowest BCUT2D eigenvalue weighted by Gasteiger charge is -2.23. The molecule has 1 amide bonds. The van der Waals surface area contributed by atoms with E-state index in [1.807, 2.05) is 95.9 Å². The fourth-order valence-corrected chi connectivity index (χ4v) is 2.56. The highest BCUT2D eigenvalue weighted by Gasteiger charge is 2.16. The number of nitrogens with zero attached hydrogens (tertiary/aromatic N) is 1. The molecule has 0 fully saturated rings. The van der Waals surface area contributed by atoms with Crippen LogP contribution >= 0.6 is 0 Å². The van der Waals surface area contributed by atoms with Crippen LogP contribution in [0.3, 0.4) is 0 Å². The zero-order chi connectivity index (χ0) is 16.6. The van der Waals surface area contributed by atoms with Crippen molar-refractivity contribution in [3.8, 4) is 0 Å². The van der Waals surface area contributed by atoms with Gasteiger partial charge in [0, 0.05) is 30.0 Å². The topological polar surface area (TPSA) is 32.3 Å². The van der Waals surface area contributed by atoms with Crippen LogP contribution in [0.15, 0.2) is 91.0 Å². The van der Waals surface area contributed by atoms with Crippen molar-refractivity contribution < 1.29 is 4.79 Å². The molecule has 0 aliphatic carbocycles.